The lowest BCUT2D eigenvalue weighted by atomic mass is 9.74. The van der Waals surface area contributed by atoms with E-state index in [-0.39, 0.29) is 28.3 Å². The van der Waals surface area contributed by atoms with E-state index in [1.54, 1.807) is 18.2 Å². The molecular formula is C24H34O4. The molecule has 4 heteroatoms. The zero-order chi connectivity index (χ0) is 21.3. The highest BCUT2D eigenvalue weighted by molar-refractivity contribution is 5.53. The van der Waals surface area contributed by atoms with Gasteiger partial charge in [-0.25, -0.2) is 0 Å². The van der Waals surface area contributed by atoms with Crippen molar-refractivity contribution in [3.05, 3.63) is 42.0 Å². The Morgan fingerprint density at radius 3 is 1.79 bits per heavy atom. The number of aromatic hydroxyl groups is 2. The fourth-order valence-electron chi connectivity index (χ4n) is 2.59. The maximum absolute atomic E-state index is 10.5. The smallest absolute Gasteiger partial charge is 0.172 e. The zero-order valence-corrected chi connectivity index (χ0v) is 18.3. The van der Waals surface area contributed by atoms with Gasteiger partial charge in [0.25, 0.3) is 0 Å². The highest BCUT2D eigenvalue weighted by Gasteiger charge is 2.29. The van der Waals surface area contributed by atoms with Crippen LogP contribution in [0.2, 0.25) is 0 Å². The number of phenolic OH excluding ortho intramolecular Hbond substituents is 2. The van der Waals surface area contributed by atoms with Crippen LogP contribution in [0.3, 0.4) is 0 Å². The second-order valence-electron chi connectivity index (χ2n) is 9.15. The monoisotopic (exact) mass is 386 g/mol. The Bertz CT molecular complexity index is 802. The van der Waals surface area contributed by atoms with Crippen LogP contribution >= 0.6 is 0 Å². The molecule has 0 aliphatic carbocycles. The molecule has 154 valence electrons. The van der Waals surface area contributed by atoms with Crippen LogP contribution in [0.15, 0.2) is 36.4 Å². The van der Waals surface area contributed by atoms with E-state index >= 15 is 0 Å². The van der Waals surface area contributed by atoms with Crippen LogP contribution in [-0.4, -0.2) is 15.8 Å². The van der Waals surface area contributed by atoms with Gasteiger partial charge in [-0.05, 0) is 61.4 Å². The van der Waals surface area contributed by atoms with E-state index in [1.807, 2.05) is 26.0 Å². The van der Waals surface area contributed by atoms with Gasteiger partial charge in [0.15, 0.2) is 11.5 Å². The molecule has 0 spiro atoms. The van der Waals surface area contributed by atoms with Gasteiger partial charge in [0.2, 0.25) is 0 Å². The van der Waals surface area contributed by atoms with Crippen molar-refractivity contribution in [2.24, 2.45) is 11.8 Å². The highest BCUT2D eigenvalue weighted by Crippen LogP contribution is 2.43. The summed E-state index contributed by atoms with van der Waals surface area (Å²) in [6.07, 6.45) is 0. The van der Waals surface area contributed by atoms with Gasteiger partial charge in [0, 0.05) is 11.6 Å². The third-order valence-corrected chi connectivity index (χ3v) is 6.04. The quantitative estimate of drug-likeness (QED) is 0.524. The van der Waals surface area contributed by atoms with Gasteiger partial charge >= 0.3 is 0 Å². The minimum atomic E-state index is -0.275. The maximum atomic E-state index is 10.5. The molecule has 0 saturated carbocycles. The van der Waals surface area contributed by atoms with Gasteiger partial charge in [-0.1, -0.05) is 41.5 Å². The zero-order valence-electron chi connectivity index (χ0n) is 18.3. The first-order chi connectivity index (χ1) is 12.8. The first kappa shape index (κ1) is 21.9. The van der Waals surface area contributed by atoms with Crippen LogP contribution in [0.25, 0.3) is 0 Å². The van der Waals surface area contributed by atoms with Crippen LogP contribution in [0, 0.1) is 11.8 Å². The summed E-state index contributed by atoms with van der Waals surface area (Å²) in [4.78, 5) is 0. The van der Waals surface area contributed by atoms with E-state index in [0.29, 0.717) is 23.1 Å². The number of hydrogen-bond donors (Lipinski definition) is 2. The lowest BCUT2D eigenvalue weighted by Gasteiger charge is -2.31. The topological polar surface area (TPSA) is 58.9 Å². The average molecular weight is 387 g/mol. The molecule has 2 aromatic rings. The molecule has 0 aliphatic heterocycles. The Kier molecular flexibility index (Phi) is 6.22. The highest BCUT2D eigenvalue weighted by atomic mass is 16.5. The summed E-state index contributed by atoms with van der Waals surface area (Å²) in [5.74, 6) is 2.32. The standard InChI is InChI=1S/C24H34O4/c1-15(2)23(5,6)19-13-21(26)22(14-20(19)25)27-17-9-11-18(12-10-17)28-24(7,8)16(3)4/h9-16,25-26H,1-8H3. The lowest BCUT2D eigenvalue weighted by molar-refractivity contribution is 0.0599. The third-order valence-electron chi connectivity index (χ3n) is 6.04. The van der Waals surface area contributed by atoms with Crippen LogP contribution in [-0.2, 0) is 5.41 Å². The van der Waals surface area contributed by atoms with Gasteiger partial charge in [-0.2, -0.15) is 0 Å². The number of benzene rings is 2. The van der Waals surface area contributed by atoms with Crippen LogP contribution in [0.5, 0.6) is 28.7 Å². The molecule has 0 aromatic heterocycles. The Hall–Kier alpha value is -2.36. The summed E-state index contributed by atoms with van der Waals surface area (Å²) < 4.78 is 11.8. The molecule has 0 atom stereocenters. The largest absolute Gasteiger partial charge is 0.508 e. The summed E-state index contributed by atoms with van der Waals surface area (Å²) >= 11 is 0. The lowest BCUT2D eigenvalue weighted by Crippen LogP contribution is -2.34. The SMILES string of the molecule is CC(C)C(C)(C)Oc1ccc(Oc2cc(O)c(C(C)(C)C(C)C)cc2O)cc1. The van der Waals surface area contributed by atoms with Gasteiger partial charge in [0.1, 0.15) is 22.8 Å². The molecule has 0 unspecified atom stereocenters. The second kappa shape index (κ2) is 7.94. The first-order valence-electron chi connectivity index (χ1n) is 9.88. The Morgan fingerprint density at radius 2 is 1.29 bits per heavy atom. The Morgan fingerprint density at radius 1 is 0.750 bits per heavy atom. The van der Waals surface area contributed by atoms with Crippen molar-refractivity contribution < 1.29 is 19.7 Å². The molecule has 4 nitrogen and oxygen atoms in total. The molecule has 0 heterocycles. The summed E-state index contributed by atoms with van der Waals surface area (Å²) in [6.45, 7) is 16.6. The van der Waals surface area contributed by atoms with Crippen LogP contribution in [0.4, 0.5) is 0 Å². The van der Waals surface area contributed by atoms with Crippen molar-refractivity contribution in [1.29, 1.82) is 0 Å². The van der Waals surface area contributed by atoms with Gasteiger partial charge in [-0.15, -0.1) is 0 Å². The number of hydrogen-bond acceptors (Lipinski definition) is 4. The fraction of sp³-hybridized carbons (Fsp3) is 0.500. The summed E-state index contributed by atoms with van der Waals surface area (Å²) in [5, 5.41) is 20.9. The molecule has 0 radical (unpaired) electrons. The van der Waals surface area contributed by atoms with Gasteiger partial charge in [-0.3, -0.25) is 0 Å². The molecule has 0 aliphatic rings. The van der Waals surface area contributed by atoms with Crippen LogP contribution < -0.4 is 9.47 Å². The molecule has 0 amide bonds. The van der Waals surface area contributed by atoms with Gasteiger partial charge < -0.3 is 19.7 Å². The Balaban J connectivity index is 2.21. The molecule has 0 bridgehead atoms. The molecule has 2 N–H and O–H groups in total. The number of ether oxygens (including phenoxy) is 2. The minimum absolute atomic E-state index is 0.00259. The van der Waals surface area contributed by atoms with E-state index < -0.39 is 0 Å². The van der Waals surface area contributed by atoms with Crippen molar-refractivity contribution in [1.82, 2.24) is 0 Å². The number of phenols is 2. The minimum Gasteiger partial charge on any atom is -0.508 e. The summed E-state index contributed by atoms with van der Waals surface area (Å²) in [5.41, 5.74) is 0.153. The Labute approximate surface area is 169 Å². The van der Waals surface area contributed by atoms with E-state index in [1.165, 1.54) is 6.07 Å². The third kappa shape index (κ3) is 4.73. The van der Waals surface area contributed by atoms with Gasteiger partial charge in [0.05, 0.1) is 0 Å². The average Bonchev–Trinajstić information content (AvgIpc) is 2.58. The maximum Gasteiger partial charge on any atom is 0.172 e. The summed E-state index contributed by atoms with van der Waals surface area (Å²) in [6, 6.07) is 10.3. The molecule has 2 rings (SSSR count). The molecule has 28 heavy (non-hydrogen) atoms. The second-order valence-corrected chi connectivity index (χ2v) is 9.15. The molecule has 0 fully saturated rings. The van der Waals surface area contributed by atoms with E-state index in [2.05, 4.69) is 41.5 Å². The van der Waals surface area contributed by atoms with Crippen molar-refractivity contribution in [3.63, 3.8) is 0 Å². The van der Waals surface area contributed by atoms with E-state index in [4.69, 9.17) is 9.47 Å². The number of rotatable bonds is 7. The normalized spacial score (nSPS) is 12.5. The van der Waals surface area contributed by atoms with Crippen molar-refractivity contribution in [2.45, 2.75) is 66.4 Å². The van der Waals surface area contributed by atoms with Crippen molar-refractivity contribution in [3.8, 4) is 28.7 Å². The predicted octanol–water partition coefficient (Wildman–Crippen LogP) is 6.64. The van der Waals surface area contributed by atoms with Crippen LogP contribution in [0.1, 0.15) is 61.0 Å². The fourth-order valence-corrected chi connectivity index (χ4v) is 2.59. The molecule has 2 aromatic carbocycles. The van der Waals surface area contributed by atoms with E-state index in [0.717, 1.165) is 5.75 Å². The molecule has 0 saturated heterocycles. The van der Waals surface area contributed by atoms with Crippen molar-refractivity contribution in [2.75, 3.05) is 0 Å². The van der Waals surface area contributed by atoms with E-state index in [9.17, 15) is 10.2 Å². The van der Waals surface area contributed by atoms with Crippen molar-refractivity contribution >= 4 is 0 Å². The summed E-state index contributed by atoms with van der Waals surface area (Å²) in [7, 11) is 0. The predicted molar refractivity (Wildman–Crippen MR) is 114 cm³/mol. The molecular weight excluding hydrogens is 352 g/mol. The first-order valence-corrected chi connectivity index (χ1v) is 9.88.